The first-order valence-electron chi connectivity index (χ1n) is 3.43. The molecule has 0 atom stereocenters. The van der Waals surface area contributed by atoms with E-state index in [9.17, 15) is 0 Å². The predicted octanol–water partition coefficient (Wildman–Crippen LogP) is 2.15. The van der Waals surface area contributed by atoms with Gasteiger partial charge >= 0.3 is 0 Å². The van der Waals surface area contributed by atoms with E-state index in [1.54, 1.807) is 0 Å². The molecule has 1 rings (SSSR count). The lowest BCUT2D eigenvalue weighted by atomic mass is 10.3. The maximum Gasteiger partial charge on any atom is 0.244 e. The second kappa shape index (κ2) is 2.23. The molecule has 0 aliphatic carbocycles. The molecule has 0 spiro atoms. The minimum Gasteiger partial charge on any atom is -0.531 e. The van der Waals surface area contributed by atoms with Gasteiger partial charge in [-0.05, 0) is 26.6 Å². The maximum absolute atomic E-state index is 5.61. The fourth-order valence-corrected chi connectivity index (χ4v) is 1.44. The summed E-state index contributed by atoms with van der Waals surface area (Å²) in [5.41, 5.74) is 1.17. The molecule has 0 N–H and O–H groups in total. The van der Waals surface area contributed by atoms with Gasteiger partial charge in [-0.15, -0.1) is 0 Å². The molecule has 3 heteroatoms. The zero-order chi connectivity index (χ0) is 7.78. The molecule has 0 bridgehead atoms. The van der Waals surface area contributed by atoms with Crippen LogP contribution in [0.2, 0.25) is 19.6 Å². The monoisotopic (exact) mass is 155 g/mol. The molecule has 0 saturated carbocycles. The molecule has 0 aromatic carbocycles. The van der Waals surface area contributed by atoms with Gasteiger partial charge in [0.1, 0.15) is 0 Å². The van der Waals surface area contributed by atoms with Crippen LogP contribution >= 0.6 is 0 Å². The molecule has 0 unspecified atom stereocenters. The van der Waals surface area contributed by atoms with Gasteiger partial charge < -0.3 is 4.43 Å². The standard InChI is InChI=1S/C7H13NOSi/c1-6-5-8-7(6)9-10(2,3)4/h5H,1-4H3. The van der Waals surface area contributed by atoms with Crippen molar-refractivity contribution in [3.63, 3.8) is 0 Å². The Labute approximate surface area is 62.7 Å². The SMILES string of the molecule is CC1=CN=C1O[Si](C)(C)C. The van der Waals surface area contributed by atoms with E-state index in [-0.39, 0.29) is 0 Å². The summed E-state index contributed by atoms with van der Waals surface area (Å²) in [7, 11) is -1.40. The fraction of sp³-hybridized carbons (Fsp3) is 0.571. The molecule has 0 radical (unpaired) electrons. The molecule has 0 saturated heterocycles. The van der Waals surface area contributed by atoms with Crippen molar-refractivity contribution in [2.24, 2.45) is 4.99 Å². The van der Waals surface area contributed by atoms with Crippen LogP contribution in [0.3, 0.4) is 0 Å². The highest BCUT2D eigenvalue weighted by atomic mass is 28.4. The Morgan fingerprint density at radius 2 is 2.00 bits per heavy atom. The molecule has 0 fully saturated rings. The van der Waals surface area contributed by atoms with Crippen molar-refractivity contribution < 1.29 is 4.43 Å². The van der Waals surface area contributed by atoms with Gasteiger partial charge in [-0.1, -0.05) is 0 Å². The lowest BCUT2D eigenvalue weighted by Crippen LogP contribution is -2.31. The summed E-state index contributed by atoms with van der Waals surface area (Å²) in [6.07, 6.45) is 1.83. The smallest absolute Gasteiger partial charge is 0.244 e. The number of hydrogen-bond acceptors (Lipinski definition) is 2. The fourth-order valence-electron chi connectivity index (χ4n) is 0.643. The van der Waals surface area contributed by atoms with Crippen molar-refractivity contribution in [2.45, 2.75) is 26.6 Å². The van der Waals surface area contributed by atoms with Crippen molar-refractivity contribution in [1.29, 1.82) is 0 Å². The molecule has 56 valence electrons. The Bertz CT molecular complexity index is 200. The highest BCUT2D eigenvalue weighted by Gasteiger charge is 2.21. The van der Waals surface area contributed by atoms with Crippen molar-refractivity contribution in [3.05, 3.63) is 11.8 Å². The lowest BCUT2D eigenvalue weighted by Gasteiger charge is -2.23. The summed E-state index contributed by atoms with van der Waals surface area (Å²) < 4.78 is 5.61. The quantitative estimate of drug-likeness (QED) is 0.532. The topological polar surface area (TPSA) is 21.6 Å². The molecule has 0 aromatic rings. The van der Waals surface area contributed by atoms with Gasteiger partial charge in [0.05, 0.1) is 0 Å². The van der Waals surface area contributed by atoms with Crippen LogP contribution < -0.4 is 0 Å². The van der Waals surface area contributed by atoms with E-state index >= 15 is 0 Å². The summed E-state index contributed by atoms with van der Waals surface area (Å²) in [5, 5.41) is 0. The molecular formula is C7H13NOSi. The zero-order valence-electron chi connectivity index (χ0n) is 6.93. The van der Waals surface area contributed by atoms with Crippen LogP contribution in [-0.4, -0.2) is 14.2 Å². The molecule has 10 heavy (non-hydrogen) atoms. The molecule has 2 nitrogen and oxygen atoms in total. The molecule has 0 aromatic heterocycles. The van der Waals surface area contributed by atoms with E-state index in [2.05, 4.69) is 24.6 Å². The summed E-state index contributed by atoms with van der Waals surface area (Å²) in [4.78, 5) is 4.00. The van der Waals surface area contributed by atoms with Crippen molar-refractivity contribution in [3.8, 4) is 0 Å². The van der Waals surface area contributed by atoms with Crippen LogP contribution in [-0.2, 0) is 4.43 Å². The third-order valence-corrected chi connectivity index (χ3v) is 1.92. The lowest BCUT2D eigenvalue weighted by molar-refractivity contribution is 0.545. The average molecular weight is 155 g/mol. The molecule has 1 heterocycles. The van der Waals surface area contributed by atoms with Crippen LogP contribution in [0.5, 0.6) is 0 Å². The Kier molecular flexibility index (Phi) is 1.68. The minimum absolute atomic E-state index is 0.846. The molecule has 0 amide bonds. The Morgan fingerprint density at radius 1 is 1.40 bits per heavy atom. The minimum atomic E-state index is -1.40. The summed E-state index contributed by atoms with van der Waals surface area (Å²) in [6.45, 7) is 8.48. The van der Waals surface area contributed by atoms with Crippen molar-refractivity contribution in [1.82, 2.24) is 0 Å². The maximum atomic E-state index is 5.61. The van der Waals surface area contributed by atoms with E-state index in [0.29, 0.717) is 0 Å². The Balaban J connectivity index is 2.42. The average Bonchev–Trinajstić information content (AvgIpc) is 1.78. The summed E-state index contributed by atoms with van der Waals surface area (Å²) in [6, 6.07) is 0. The Hall–Kier alpha value is -0.573. The van der Waals surface area contributed by atoms with Gasteiger partial charge in [-0.25, -0.2) is 4.99 Å². The second-order valence-corrected chi connectivity index (χ2v) is 7.89. The first-order chi connectivity index (χ1) is 4.49. The van der Waals surface area contributed by atoms with Crippen molar-refractivity contribution in [2.75, 3.05) is 0 Å². The van der Waals surface area contributed by atoms with Crippen LogP contribution in [0.25, 0.3) is 0 Å². The summed E-state index contributed by atoms with van der Waals surface area (Å²) >= 11 is 0. The van der Waals surface area contributed by atoms with Gasteiger partial charge in [-0.3, -0.25) is 0 Å². The van der Waals surface area contributed by atoms with Gasteiger partial charge in [0, 0.05) is 11.8 Å². The number of nitrogens with zero attached hydrogens (tertiary/aromatic N) is 1. The highest BCUT2D eigenvalue weighted by molar-refractivity contribution is 6.71. The van der Waals surface area contributed by atoms with E-state index in [0.717, 1.165) is 5.90 Å². The summed E-state index contributed by atoms with van der Waals surface area (Å²) in [5.74, 6) is 0.846. The third kappa shape index (κ3) is 1.70. The van der Waals surface area contributed by atoms with E-state index in [1.165, 1.54) is 5.57 Å². The first-order valence-corrected chi connectivity index (χ1v) is 6.84. The van der Waals surface area contributed by atoms with Gasteiger partial charge in [0.25, 0.3) is 0 Å². The second-order valence-electron chi connectivity index (χ2n) is 3.46. The number of hydrogen-bond donors (Lipinski definition) is 0. The third-order valence-electron chi connectivity index (χ3n) is 1.12. The first kappa shape index (κ1) is 7.53. The number of rotatable bonds is 1. The normalized spacial score (nSPS) is 17.2. The van der Waals surface area contributed by atoms with E-state index in [1.807, 2.05) is 13.1 Å². The molecular weight excluding hydrogens is 142 g/mol. The van der Waals surface area contributed by atoms with Crippen LogP contribution in [0.15, 0.2) is 16.8 Å². The number of aliphatic imine (C=N–C) groups is 1. The van der Waals surface area contributed by atoms with Crippen molar-refractivity contribution >= 4 is 14.2 Å². The Morgan fingerprint density at radius 3 is 2.10 bits per heavy atom. The van der Waals surface area contributed by atoms with Gasteiger partial charge in [-0.2, -0.15) is 0 Å². The highest BCUT2D eigenvalue weighted by Crippen LogP contribution is 2.14. The van der Waals surface area contributed by atoms with Crippen LogP contribution in [0.4, 0.5) is 0 Å². The van der Waals surface area contributed by atoms with Gasteiger partial charge in [0.2, 0.25) is 14.2 Å². The molecule has 1 aliphatic heterocycles. The van der Waals surface area contributed by atoms with Gasteiger partial charge in [0.15, 0.2) is 0 Å². The van der Waals surface area contributed by atoms with Crippen LogP contribution in [0, 0.1) is 0 Å². The largest absolute Gasteiger partial charge is 0.531 e. The van der Waals surface area contributed by atoms with E-state index < -0.39 is 8.32 Å². The predicted molar refractivity (Wildman–Crippen MR) is 45.6 cm³/mol. The molecule has 1 aliphatic rings. The van der Waals surface area contributed by atoms with Crippen LogP contribution in [0.1, 0.15) is 6.92 Å². The zero-order valence-corrected chi connectivity index (χ0v) is 7.93. The van der Waals surface area contributed by atoms with E-state index in [4.69, 9.17) is 4.43 Å².